The molecule has 4 nitrogen and oxygen atoms in total. The van der Waals surface area contributed by atoms with Crippen LogP contribution in [-0.4, -0.2) is 24.6 Å². The van der Waals surface area contributed by atoms with Crippen LogP contribution in [0.5, 0.6) is 5.75 Å². The number of aromatic hydroxyl groups is 1. The van der Waals surface area contributed by atoms with Crippen molar-refractivity contribution in [2.45, 2.75) is 0 Å². The third-order valence-electron chi connectivity index (χ3n) is 1.58. The summed E-state index contributed by atoms with van der Waals surface area (Å²) in [6, 6.07) is 6.62. The molecule has 3 N–H and O–H groups in total. The molecule has 0 radical (unpaired) electrons. The van der Waals surface area contributed by atoms with E-state index < -0.39 is 0 Å². The van der Waals surface area contributed by atoms with Crippen molar-refractivity contribution in [3.63, 3.8) is 0 Å². The first kappa shape index (κ1) is 9.38. The summed E-state index contributed by atoms with van der Waals surface area (Å²) in [6.07, 6.45) is 0. The molecule has 0 spiro atoms. The Hall–Kier alpha value is -1.71. The average Bonchev–Trinajstić information content (AvgIpc) is 2.14. The Balaban J connectivity index is 2.50. The molecule has 0 fully saturated rings. The fourth-order valence-electron chi connectivity index (χ4n) is 0.887. The van der Waals surface area contributed by atoms with Gasteiger partial charge >= 0.3 is 0 Å². The van der Waals surface area contributed by atoms with Crippen LogP contribution in [-0.2, 0) is 4.79 Å². The quantitative estimate of drug-likeness (QED) is 0.636. The van der Waals surface area contributed by atoms with Crippen LogP contribution >= 0.6 is 0 Å². The van der Waals surface area contributed by atoms with Crippen LogP contribution in [0.4, 0.5) is 5.69 Å². The average molecular weight is 180 g/mol. The highest BCUT2D eigenvalue weighted by Gasteiger charge is 1.97. The van der Waals surface area contributed by atoms with Crippen molar-refractivity contribution in [3.8, 4) is 5.75 Å². The fourth-order valence-corrected chi connectivity index (χ4v) is 0.887. The Kier molecular flexibility index (Phi) is 3.14. The topological polar surface area (TPSA) is 61.4 Å². The van der Waals surface area contributed by atoms with Crippen LogP contribution in [0.25, 0.3) is 0 Å². The maximum atomic E-state index is 10.8. The van der Waals surface area contributed by atoms with E-state index in [1.807, 2.05) is 0 Å². The number of anilines is 1. The largest absolute Gasteiger partial charge is 0.508 e. The van der Waals surface area contributed by atoms with E-state index in [4.69, 9.17) is 5.11 Å². The maximum absolute atomic E-state index is 10.8. The molecular weight excluding hydrogens is 168 g/mol. The van der Waals surface area contributed by atoms with Crippen LogP contribution < -0.4 is 10.6 Å². The number of amides is 1. The lowest BCUT2D eigenvalue weighted by Gasteiger charge is -2.04. The maximum Gasteiger partial charge on any atom is 0.239 e. The number of hydrogen-bond acceptors (Lipinski definition) is 3. The van der Waals surface area contributed by atoms with Crippen molar-refractivity contribution in [2.24, 2.45) is 0 Å². The van der Waals surface area contributed by atoms with E-state index in [0.29, 0.717) is 0 Å². The summed E-state index contributed by atoms with van der Waals surface area (Å²) in [5, 5.41) is 14.4. The van der Waals surface area contributed by atoms with Gasteiger partial charge in [-0.25, -0.2) is 0 Å². The van der Waals surface area contributed by atoms with Gasteiger partial charge < -0.3 is 15.7 Å². The second-order valence-electron chi connectivity index (χ2n) is 2.58. The Bertz CT molecular complexity index is 299. The summed E-state index contributed by atoms with van der Waals surface area (Å²) in [4.78, 5) is 10.8. The van der Waals surface area contributed by atoms with Crippen LogP contribution in [0, 0.1) is 0 Å². The number of likely N-dealkylation sites (N-methyl/N-ethyl adjacent to an activating group) is 1. The predicted molar refractivity (Wildman–Crippen MR) is 50.7 cm³/mol. The highest BCUT2D eigenvalue weighted by Crippen LogP contribution is 2.14. The molecule has 4 heteroatoms. The highest BCUT2D eigenvalue weighted by molar-refractivity contribution is 5.80. The molecule has 1 aromatic carbocycles. The summed E-state index contributed by atoms with van der Waals surface area (Å²) in [6.45, 7) is 0.208. The first-order chi connectivity index (χ1) is 6.22. The van der Waals surface area contributed by atoms with Gasteiger partial charge in [0.2, 0.25) is 5.91 Å². The molecule has 0 saturated heterocycles. The Morgan fingerprint density at radius 2 is 2.31 bits per heavy atom. The highest BCUT2D eigenvalue weighted by atomic mass is 16.3. The molecule has 0 heterocycles. The Morgan fingerprint density at radius 3 is 2.92 bits per heavy atom. The van der Waals surface area contributed by atoms with Gasteiger partial charge in [-0.2, -0.15) is 0 Å². The lowest BCUT2D eigenvalue weighted by Crippen LogP contribution is -2.26. The molecule has 1 amide bonds. The van der Waals surface area contributed by atoms with Gasteiger partial charge in [0.05, 0.1) is 6.54 Å². The molecule has 0 aromatic heterocycles. The van der Waals surface area contributed by atoms with Crippen LogP contribution in [0.1, 0.15) is 0 Å². The minimum atomic E-state index is -0.0941. The van der Waals surface area contributed by atoms with E-state index in [-0.39, 0.29) is 18.2 Å². The van der Waals surface area contributed by atoms with Gasteiger partial charge in [-0.15, -0.1) is 0 Å². The summed E-state index contributed by atoms with van der Waals surface area (Å²) >= 11 is 0. The molecule has 1 rings (SSSR count). The van der Waals surface area contributed by atoms with Gasteiger partial charge in [0, 0.05) is 18.8 Å². The SMILES string of the molecule is CNC(=O)CNc1cccc(O)c1. The van der Waals surface area contributed by atoms with E-state index in [9.17, 15) is 4.79 Å². The van der Waals surface area contributed by atoms with Gasteiger partial charge in [-0.3, -0.25) is 4.79 Å². The number of hydrogen-bond donors (Lipinski definition) is 3. The number of carbonyl (C=O) groups is 1. The fraction of sp³-hybridized carbons (Fsp3) is 0.222. The second kappa shape index (κ2) is 4.35. The zero-order chi connectivity index (χ0) is 9.68. The first-order valence-electron chi connectivity index (χ1n) is 3.96. The Labute approximate surface area is 76.6 Å². The van der Waals surface area contributed by atoms with Gasteiger partial charge in [0.1, 0.15) is 5.75 Å². The molecule has 0 unspecified atom stereocenters. The lowest BCUT2D eigenvalue weighted by molar-refractivity contribution is -0.118. The van der Waals surface area contributed by atoms with Crippen molar-refractivity contribution < 1.29 is 9.90 Å². The summed E-state index contributed by atoms with van der Waals surface area (Å²) < 4.78 is 0. The molecule has 0 aliphatic rings. The second-order valence-corrected chi connectivity index (χ2v) is 2.58. The minimum absolute atomic E-state index is 0.0941. The minimum Gasteiger partial charge on any atom is -0.508 e. The smallest absolute Gasteiger partial charge is 0.239 e. The monoisotopic (exact) mass is 180 g/mol. The summed E-state index contributed by atoms with van der Waals surface area (Å²) in [5.74, 6) is 0.0882. The molecule has 0 bridgehead atoms. The van der Waals surface area contributed by atoms with Crippen molar-refractivity contribution >= 4 is 11.6 Å². The van der Waals surface area contributed by atoms with Crippen LogP contribution in [0.3, 0.4) is 0 Å². The molecule has 0 aliphatic heterocycles. The number of phenols is 1. The van der Waals surface area contributed by atoms with Gasteiger partial charge in [0.25, 0.3) is 0 Å². The van der Waals surface area contributed by atoms with Crippen molar-refractivity contribution in [2.75, 3.05) is 18.9 Å². The van der Waals surface area contributed by atoms with E-state index in [1.165, 1.54) is 0 Å². The number of phenolic OH excluding ortho intramolecular Hbond substituents is 1. The molecule has 13 heavy (non-hydrogen) atoms. The van der Waals surface area contributed by atoms with E-state index in [2.05, 4.69) is 10.6 Å². The third kappa shape index (κ3) is 3.02. The molecular formula is C9H12N2O2. The lowest BCUT2D eigenvalue weighted by atomic mass is 10.3. The van der Waals surface area contributed by atoms with E-state index >= 15 is 0 Å². The molecule has 0 saturated carbocycles. The standard InChI is InChI=1S/C9H12N2O2/c1-10-9(13)6-11-7-3-2-4-8(12)5-7/h2-5,11-12H,6H2,1H3,(H,10,13). The predicted octanol–water partition coefficient (Wildman–Crippen LogP) is 0.550. The molecule has 0 aliphatic carbocycles. The number of benzene rings is 1. The van der Waals surface area contributed by atoms with Crippen molar-refractivity contribution in [1.82, 2.24) is 5.32 Å². The van der Waals surface area contributed by atoms with Gasteiger partial charge in [-0.1, -0.05) is 6.07 Å². The first-order valence-corrected chi connectivity index (χ1v) is 3.96. The third-order valence-corrected chi connectivity index (χ3v) is 1.58. The number of carbonyl (C=O) groups excluding carboxylic acids is 1. The zero-order valence-electron chi connectivity index (χ0n) is 7.37. The van der Waals surface area contributed by atoms with Crippen LogP contribution in [0.2, 0.25) is 0 Å². The van der Waals surface area contributed by atoms with Crippen molar-refractivity contribution in [1.29, 1.82) is 0 Å². The summed E-state index contributed by atoms with van der Waals surface area (Å²) in [7, 11) is 1.58. The van der Waals surface area contributed by atoms with Gasteiger partial charge in [-0.05, 0) is 12.1 Å². The number of rotatable bonds is 3. The van der Waals surface area contributed by atoms with E-state index in [0.717, 1.165) is 5.69 Å². The van der Waals surface area contributed by atoms with E-state index in [1.54, 1.807) is 31.3 Å². The van der Waals surface area contributed by atoms with Gasteiger partial charge in [0.15, 0.2) is 0 Å². The molecule has 1 aromatic rings. The Morgan fingerprint density at radius 1 is 1.54 bits per heavy atom. The molecule has 70 valence electrons. The normalized spacial score (nSPS) is 9.31. The molecule has 0 atom stereocenters. The number of nitrogens with one attached hydrogen (secondary N) is 2. The van der Waals surface area contributed by atoms with Crippen LogP contribution in [0.15, 0.2) is 24.3 Å². The summed E-state index contributed by atoms with van der Waals surface area (Å²) in [5.41, 5.74) is 0.726. The zero-order valence-corrected chi connectivity index (χ0v) is 7.37. The van der Waals surface area contributed by atoms with Crippen molar-refractivity contribution in [3.05, 3.63) is 24.3 Å².